The first-order valence-corrected chi connectivity index (χ1v) is 6.97. The van der Waals surface area contributed by atoms with Crippen LogP contribution in [-0.2, 0) is 0 Å². The minimum absolute atomic E-state index is 0.126. The second kappa shape index (κ2) is 5.81. The van der Waals surface area contributed by atoms with Gasteiger partial charge in [0.15, 0.2) is 0 Å². The number of hydrogen-bond acceptors (Lipinski definition) is 2. The highest BCUT2D eigenvalue weighted by molar-refractivity contribution is 6.31. The second-order valence-corrected chi connectivity index (χ2v) is 5.22. The van der Waals surface area contributed by atoms with Crippen molar-refractivity contribution in [2.24, 2.45) is 0 Å². The fourth-order valence-electron chi connectivity index (χ4n) is 2.47. The Morgan fingerprint density at radius 3 is 2.53 bits per heavy atom. The Kier molecular flexibility index (Phi) is 4.33. The fourth-order valence-corrected chi connectivity index (χ4v) is 2.65. The van der Waals surface area contributed by atoms with Crippen LogP contribution in [0, 0.1) is 20.8 Å². The van der Waals surface area contributed by atoms with Gasteiger partial charge in [-0.3, -0.25) is 0 Å². The predicted octanol–water partition coefficient (Wildman–Crippen LogP) is 4.56. The maximum absolute atomic E-state index is 6.24. The molecule has 3 heteroatoms. The van der Waals surface area contributed by atoms with Gasteiger partial charge in [-0.2, -0.15) is 0 Å². The summed E-state index contributed by atoms with van der Waals surface area (Å²) in [5.41, 5.74) is 3.51. The van der Waals surface area contributed by atoms with E-state index in [1.807, 2.05) is 26.0 Å². The third-order valence-electron chi connectivity index (χ3n) is 3.42. The number of rotatable bonds is 4. The largest absolute Gasteiger partial charge is 0.466 e. The number of halogens is 1. The number of hydrogen-bond donors (Lipinski definition) is 1. The molecule has 1 aromatic carbocycles. The van der Waals surface area contributed by atoms with Gasteiger partial charge in [0.25, 0.3) is 0 Å². The average Bonchev–Trinajstić information content (AvgIpc) is 2.69. The molecule has 0 spiro atoms. The summed E-state index contributed by atoms with van der Waals surface area (Å²) >= 11 is 6.24. The molecular formula is C16H20ClNO. The molecule has 0 bridgehead atoms. The Balaban J connectivity index is 2.51. The highest BCUT2D eigenvalue weighted by Gasteiger charge is 2.20. The van der Waals surface area contributed by atoms with E-state index in [2.05, 4.69) is 31.3 Å². The van der Waals surface area contributed by atoms with Crippen molar-refractivity contribution in [1.29, 1.82) is 0 Å². The SMILES string of the molecule is CCNC(c1cc(C)oc1C)c1cccc(Cl)c1C. The van der Waals surface area contributed by atoms with Gasteiger partial charge < -0.3 is 9.73 Å². The van der Waals surface area contributed by atoms with E-state index in [9.17, 15) is 0 Å². The first-order valence-electron chi connectivity index (χ1n) is 6.60. The molecule has 0 saturated carbocycles. The zero-order valence-electron chi connectivity index (χ0n) is 11.9. The molecule has 0 fully saturated rings. The predicted molar refractivity (Wildman–Crippen MR) is 79.9 cm³/mol. The molecule has 0 amide bonds. The molecule has 2 nitrogen and oxygen atoms in total. The molecule has 19 heavy (non-hydrogen) atoms. The van der Waals surface area contributed by atoms with Crippen LogP contribution in [-0.4, -0.2) is 6.54 Å². The minimum Gasteiger partial charge on any atom is -0.466 e. The third-order valence-corrected chi connectivity index (χ3v) is 3.83. The van der Waals surface area contributed by atoms with Crippen LogP contribution >= 0.6 is 11.6 Å². The molecular weight excluding hydrogens is 258 g/mol. The molecule has 1 unspecified atom stereocenters. The number of furan rings is 1. The maximum Gasteiger partial charge on any atom is 0.106 e. The van der Waals surface area contributed by atoms with Crippen LogP contribution in [0.1, 0.15) is 41.2 Å². The molecule has 0 aliphatic heterocycles. The molecule has 0 aliphatic carbocycles. The van der Waals surface area contributed by atoms with Crippen LogP contribution in [0.5, 0.6) is 0 Å². The first-order chi connectivity index (χ1) is 9.04. The molecule has 1 atom stereocenters. The molecule has 2 rings (SSSR count). The van der Waals surface area contributed by atoms with Gasteiger partial charge in [0.2, 0.25) is 0 Å². The Hall–Kier alpha value is -1.25. The van der Waals surface area contributed by atoms with Gasteiger partial charge >= 0.3 is 0 Å². The smallest absolute Gasteiger partial charge is 0.106 e. The summed E-state index contributed by atoms with van der Waals surface area (Å²) in [6, 6.07) is 8.27. The Morgan fingerprint density at radius 2 is 1.95 bits per heavy atom. The van der Waals surface area contributed by atoms with E-state index in [1.165, 1.54) is 11.1 Å². The van der Waals surface area contributed by atoms with E-state index < -0.39 is 0 Å². The average molecular weight is 278 g/mol. The molecule has 0 aliphatic rings. The topological polar surface area (TPSA) is 25.2 Å². The summed E-state index contributed by atoms with van der Waals surface area (Å²) in [6.07, 6.45) is 0. The van der Waals surface area contributed by atoms with Crippen LogP contribution in [0.3, 0.4) is 0 Å². The van der Waals surface area contributed by atoms with Crippen molar-refractivity contribution in [3.8, 4) is 0 Å². The highest BCUT2D eigenvalue weighted by atomic mass is 35.5. The normalized spacial score (nSPS) is 12.7. The van der Waals surface area contributed by atoms with Crippen molar-refractivity contribution in [2.75, 3.05) is 6.54 Å². The van der Waals surface area contributed by atoms with Crippen LogP contribution < -0.4 is 5.32 Å². The lowest BCUT2D eigenvalue weighted by molar-refractivity contribution is 0.495. The Labute approximate surface area is 119 Å². The molecule has 0 radical (unpaired) electrons. The Bertz CT molecular complexity index is 574. The summed E-state index contributed by atoms with van der Waals surface area (Å²) in [5.74, 6) is 1.90. The van der Waals surface area contributed by atoms with E-state index in [-0.39, 0.29) is 6.04 Å². The van der Waals surface area contributed by atoms with Crippen LogP contribution in [0.2, 0.25) is 5.02 Å². The minimum atomic E-state index is 0.126. The fraction of sp³-hybridized carbons (Fsp3) is 0.375. The van der Waals surface area contributed by atoms with Crippen molar-refractivity contribution in [1.82, 2.24) is 5.32 Å². The molecule has 1 heterocycles. The highest BCUT2D eigenvalue weighted by Crippen LogP contribution is 2.31. The van der Waals surface area contributed by atoms with E-state index in [0.717, 1.165) is 28.7 Å². The lowest BCUT2D eigenvalue weighted by Gasteiger charge is -2.20. The summed E-state index contributed by atoms with van der Waals surface area (Å²) in [5, 5.41) is 4.32. The molecule has 0 saturated heterocycles. The standard InChI is InChI=1S/C16H20ClNO/c1-5-18-16(14-9-10(2)19-12(14)4)13-7-6-8-15(17)11(13)3/h6-9,16,18H,5H2,1-4H3. The van der Waals surface area contributed by atoms with Crippen molar-refractivity contribution in [3.05, 3.63) is 57.5 Å². The first kappa shape index (κ1) is 14.2. The zero-order chi connectivity index (χ0) is 14.0. The lowest BCUT2D eigenvalue weighted by Crippen LogP contribution is -2.23. The van der Waals surface area contributed by atoms with E-state index in [4.69, 9.17) is 16.0 Å². The lowest BCUT2D eigenvalue weighted by atomic mass is 9.95. The number of benzene rings is 1. The second-order valence-electron chi connectivity index (χ2n) is 4.81. The maximum atomic E-state index is 6.24. The number of nitrogens with one attached hydrogen (secondary N) is 1. The van der Waals surface area contributed by atoms with Crippen LogP contribution in [0.25, 0.3) is 0 Å². The monoisotopic (exact) mass is 277 g/mol. The Morgan fingerprint density at radius 1 is 1.21 bits per heavy atom. The molecule has 2 aromatic rings. The van der Waals surface area contributed by atoms with Crippen molar-refractivity contribution < 1.29 is 4.42 Å². The van der Waals surface area contributed by atoms with Gasteiger partial charge in [0, 0.05) is 10.6 Å². The molecule has 1 aromatic heterocycles. The van der Waals surface area contributed by atoms with Crippen LogP contribution in [0.4, 0.5) is 0 Å². The molecule has 102 valence electrons. The van der Waals surface area contributed by atoms with Gasteiger partial charge in [0.05, 0.1) is 6.04 Å². The van der Waals surface area contributed by atoms with Crippen LogP contribution in [0.15, 0.2) is 28.7 Å². The number of aryl methyl sites for hydroxylation is 2. The van der Waals surface area contributed by atoms with Gasteiger partial charge in [-0.1, -0.05) is 30.7 Å². The quantitative estimate of drug-likeness (QED) is 0.886. The van der Waals surface area contributed by atoms with E-state index in [1.54, 1.807) is 0 Å². The summed E-state index contributed by atoms with van der Waals surface area (Å²) < 4.78 is 5.66. The molecule has 1 N–H and O–H groups in total. The summed E-state index contributed by atoms with van der Waals surface area (Å²) in [4.78, 5) is 0. The third kappa shape index (κ3) is 2.85. The van der Waals surface area contributed by atoms with Gasteiger partial charge in [-0.15, -0.1) is 0 Å². The van der Waals surface area contributed by atoms with Gasteiger partial charge in [-0.25, -0.2) is 0 Å². The zero-order valence-corrected chi connectivity index (χ0v) is 12.6. The van der Waals surface area contributed by atoms with Crippen molar-refractivity contribution >= 4 is 11.6 Å². The van der Waals surface area contributed by atoms with Crippen molar-refractivity contribution in [2.45, 2.75) is 33.7 Å². The summed E-state index contributed by atoms with van der Waals surface area (Å²) in [7, 11) is 0. The van der Waals surface area contributed by atoms with E-state index in [0.29, 0.717) is 0 Å². The summed E-state index contributed by atoms with van der Waals surface area (Å²) in [6.45, 7) is 9.04. The van der Waals surface area contributed by atoms with Gasteiger partial charge in [-0.05, 0) is 50.6 Å². The van der Waals surface area contributed by atoms with Gasteiger partial charge in [0.1, 0.15) is 11.5 Å². The van der Waals surface area contributed by atoms with E-state index >= 15 is 0 Å². The van der Waals surface area contributed by atoms with Crippen molar-refractivity contribution in [3.63, 3.8) is 0 Å².